The fourth-order valence-corrected chi connectivity index (χ4v) is 9.60. The number of pyridine rings is 1. The summed E-state index contributed by atoms with van der Waals surface area (Å²) in [4.78, 5) is 7.21. The molecule has 1 aliphatic carbocycles. The van der Waals surface area contributed by atoms with E-state index < -0.39 is 0 Å². The quantitative estimate of drug-likeness (QED) is 0.162. The monoisotopic (exact) mass is 873 g/mol. The van der Waals surface area contributed by atoms with Crippen molar-refractivity contribution in [3.63, 3.8) is 0 Å². The summed E-state index contributed by atoms with van der Waals surface area (Å²) in [6.07, 6.45) is 2.72. The van der Waals surface area contributed by atoms with Crippen LogP contribution in [0.3, 0.4) is 0 Å². The van der Waals surface area contributed by atoms with Crippen LogP contribution in [0.4, 0.5) is 17.2 Å². The van der Waals surface area contributed by atoms with Gasteiger partial charge in [-0.2, -0.15) is 0 Å². The number of hydrogen-bond acceptors (Lipinski definition) is 3. The Labute approximate surface area is 322 Å². The summed E-state index contributed by atoms with van der Waals surface area (Å²) in [5.74, 6) is 2.14. The predicted octanol–water partition coefficient (Wildman–Crippen LogP) is 11.6. The molecule has 53 heavy (non-hydrogen) atoms. The van der Waals surface area contributed by atoms with Crippen LogP contribution in [0.15, 0.2) is 115 Å². The molecule has 2 aliphatic rings. The molecule has 0 bridgehead atoms. The topological polar surface area (TPSA) is 35.2 Å². The van der Waals surface area contributed by atoms with Gasteiger partial charge < -0.3 is 0 Å². The first-order valence-electron chi connectivity index (χ1n) is 18.3. The van der Waals surface area contributed by atoms with Gasteiger partial charge in [-0.3, -0.25) is 0 Å². The Bertz CT molecular complexity index is 2650. The molecule has 1 aliphatic heterocycles. The van der Waals surface area contributed by atoms with E-state index in [1.807, 2.05) is 30.5 Å². The second kappa shape index (κ2) is 12.0. The number of aryl methyl sites for hydroxylation is 1. The maximum atomic E-state index is 6.63. The predicted molar refractivity (Wildman–Crippen MR) is 210 cm³/mol. The molecule has 3 heterocycles. The van der Waals surface area contributed by atoms with E-state index in [0.717, 1.165) is 49.7 Å². The van der Waals surface area contributed by atoms with E-state index in [0.29, 0.717) is 11.5 Å². The number of imidazole rings is 1. The first kappa shape index (κ1) is 33.8. The molecule has 0 unspecified atom stereocenters. The van der Waals surface area contributed by atoms with E-state index in [2.05, 4.69) is 179 Å². The van der Waals surface area contributed by atoms with E-state index in [1.165, 1.54) is 27.9 Å². The van der Waals surface area contributed by atoms with Gasteiger partial charge in [0.25, 0.3) is 0 Å². The van der Waals surface area contributed by atoms with Gasteiger partial charge >= 0.3 is 225 Å². The summed E-state index contributed by atoms with van der Waals surface area (Å²) >= 11 is 2.41. The van der Waals surface area contributed by atoms with E-state index in [-0.39, 0.29) is 16.2 Å². The number of anilines is 3. The molecule has 6 heteroatoms. The molecular weight excluding hydrogens is 832 g/mol. The van der Waals surface area contributed by atoms with Gasteiger partial charge in [0.1, 0.15) is 0 Å². The molecule has 0 atom stereocenters. The molecule has 2 aromatic heterocycles. The van der Waals surface area contributed by atoms with Gasteiger partial charge in [0.2, 0.25) is 0 Å². The molecule has 0 radical (unpaired) electrons. The van der Waals surface area contributed by atoms with Crippen LogP contribution in [0, 0.1) is 28.3 Å². The molecular formula is C47H42N4OPt-2. The van der Waals surface area contributed by atoms with Crippen molar-refractivity contribution < 1.29 is 24.1 Å². The summed E-state index contributed by atoms with van der Waals surface area (Å²) in [6, 6.07) is 45.7. The SMILES string of the molecule is Cc1ccnc(N2c3[c-]c(Oc4[c-]c(-n5[c](=[Pt])n(-c6ccccc6)c6ccccc65)ccc4)ccc3Cc3cc4c(cc32)C(C)(C)C(C)(C)C4(C)C)c1. The van der Waals surface area contributed by atoms with Crippen LogP contribution in [0.2, 0.25) is 0 Å². The van der Waals surface area contributed by atoms with Crippen LogP contribution in [0.5, 0.6) is 11.5 Å². The molecule has 268 valence electrons. The molecule has 7 aromatic rings. The van der Waals surface area contributed by atoms with Crippen molar-refractivity contribution in [1.82, 2.24) is 14.1 Å². The second-order valence-electron chi connectivity index (χ2n) is 16.0. The van der Waals surface area contributed by atoms with Gasteiger partial charge in [-0.1, -0.05) is 47.6 Å². The number of benzene rings is 5. The standard InChI is InChI=1S/C47H42N4O.Pt/c1-31-22-23-48-44(24-31)51-42-28-37(21-20-32(42)25-33-26-38-39(29-43(33)51)46(4,5)47(6,7)45(38,2)3)52-36-17-13-16-35(27-36)50-30-49(34-14-9-8-10-15-34)40-18-11-12-19-41(40)50;/h8-24,26,29H,25H2,1-7H3;/q-2;. The molecule has 0 spiro atoms. The van der Waals surface area contributed by atoms with Crippen molar-refractivity contribution in [3.05, 3.63) is 159 Å². The minimum Gasteiger partial charge on any atom is -0.0582 e. The number of ether oxygens (including phenoxy) is 1. The average Bonchev–Trinajstić information content (AvgIpc) is 3.49. The zero-order valence-electron chi connectivity index (χ0n) is 31.2. The van der Waals surface area contributed by atoms with E-state index in [4.69, 9.17) is 9.72 Å². The third-order valence-corrected chi connectivity index (χ3v) is 13.6. The van der Waals surface area contributed by atoms with Crippen molar-refractivity contribution in [1.29, 1.82) is 0 Å². The molecule has 9 rings (SSSR count). The van der Waals surface area contributed by atoms with Crippen molar-refractivity contribution >= 4 is 28.2 Å². The van der Waals surface area contributed by atoms with Crippen LogP contribution in [0.1, 0.15) is 69.4 Å². The van der Waals surface area contributed by atoms with Gasteiger partial charge in [0.05, 0.1) is 0 Å². The van der Waals surface area contributed by atoms with Gasteiger partial charge in [-0.25, -0.2) is 0 Å². The number of hydrogen-bond donors (Lipinski definition) is 0. The summed E-state index contributed by atoms with van der Waals surface area (Å²) < 4.78 is 12.2. The minimum absolute atomic E-state index is 0.0222. The maximum absolute atomic E-state index is 6.63. The number of para-hydroxylation sites is 3. The number of aromatic nitrogens is 3. The summed E-state index contributed by atoms with van der Waals surface area (Å²) in [5.41, 5.74) is 12.9. The van der Waals surface area contributed by atoms with Crippen LogP contribution in [0.25, 0.3) is 22.4 Å². The first-order chi connectivity index (χ1) is 25.4. The zero-order valence-corrected chi connectivity index (χ0v) is 33.5. The van der Waals surface area contributed by atoms with Crippen LogP contribution < -0.4 is 9.64 Å². The average molecular weight is 874 g/mol. The Balaban J connectivity index is 1.13. The van der Waals surface area contributed by atoms with Gasteiger partial charge in [0.15, 0.2) is 0 Å². The first-order valence-corrected chi connectivity index (χ1v) is 19.4. The van der Waals surface area contributed by atoms with Crippen molar-refractivity contribution in [2.75, 3.05) is 4.90 Å². The van der Waals surface area contributed by atoms with E-state index in [9.17, 15) is 0 Å². The molecule has 0 saturated carbocycles. The van der Waals surface area contributed by atoms with Gasteiger partial charge in [0, 0.05) is 6.20 Å². The second-order valence-corrected chi connectivity index (χ2v) is 17.1. The number of nitrogens with zero attached hydrogens (tertiary/aromatic N) is 4. The summed E-state index contributed by atoms with van der Waals surface area (Å²) in [6.45, 7) is 16.6. The fourth-order valence-electron chi connectivity index (χ4n) is 8.48. The third-order valence-electron chi connectivity index (χ3n) is 12.6. The summed E-state index contributed by atoms with van der Waals surface area (Å²) in [7, 11) is 0. The van der Waals surface area contributed by atoms with Crippen LogP contribution >= 0.6 is 0 Å². The van der Waals surface area contributed by atoms with E-state index in [1.54, 1.807) is 0 Å². The number of fused-ring (bicyclic) bond motifs is 4. The van der Waals surface area contributed by atoms with Crippen molar-refractivity contribution in [2.24, 2.45) is 5.41 Å². The smallest absolute Gasteiger partial charge is 0.0582 e. The Morgan fingerprint density at radius 3 is 2.09 bits per heavy atom. The molecule has 0 N–H and O–H groups in total. The molecule has 0 saturated heterocycles. The Morgan fingerprint density at radius 1 is 0.679 bits per heavy atom. The van der Waals surface area contributed by atoms with Crippen molar-refractivity contribution in [3.8, 4) is 22.9 Å². The molecule has 0 fully saturated rings. The minimum atomic E-state index is -0.0222. The van der Waals surface area contributed by atoms with Crippen LogP contribution in [-0.2, 0) is 36.6 Å². The Kier molecular flexibility index (Phi) is 7.67. The molecule has 5 nitrogen and oxygen atoms in total. The number of rotatable bonds is 5. The molecule has 5 aromatic carbocycles. The Hall–Kier alpha value is -4.99. The zero-order chi connectivity index (χ0) is 36.9. The van der Waals surface area contributed by atoms with Gasteiger partial charge in [-0.05, 0) is 45.9 Å². The third kappa shape index (κ3) is 5.07. The summed E-state index contributed by atoms with van der Waals surface area (Å²) in [5, 5.41) is 0. The molecule has 0 amide bonds. The Morgan fingerprint density at radius 2 is 1.36 bits per heavy atom. The fraction of sp³-hybridized carbons (Fsp3) is 0.234. The van der Waals surface area contributed by atoms with E-state index >= 15 is 0 Å². The van der Waals surface area contributed by atoms with Crippen molar-refractivity contribution in [2.45, 2.75) is 65.7 Å². The van der Waals surface area contributed by atoms with Gasteiger partial charge in [-0.15, -0.1) is 0 Å². The normalized spacial score (nSPS) is 16.3. The van der Waals surface area contributed by atoms with Crippen LogP contribution in [-0.4, -0.2) is 14.1 Å².